The number of rotatable bonds is 4. The van der Waals surface area contributed by atoms with Crippen molar-refractivity contribution in [3.8, 4) is 0 Å². The third kappa shape index (κ3) is 6.04. The summed E-state index contributed by atoms with van der Waals surface area (Å²) in [7, 11) is 0. The minimum absolute atomic E-state index is 0. The average Bonchev–Trinajstić information content (AvgIpc) is 1.82. The fraction of sp³-hybridized carbons (Fsp3) is 0.800. The second-order valence-corrected chi connectivity index (χ2v) is 1.88. The summed E-state index contributed by atoms with van der Waals surface area (Å²) in [5, 5.41) is 8.24. The summed E-state index contributed by atoms with van der Waals surface area (Å²) in [4.78, 5) is 10.0. The number of nitrogens with two attached hydrogens (primary N) is 2. The third-order valence-electron chi connectivity index (χ3n) is 1.04. The number of carbonyl (C=O) groups is 1. The first-order valence-corrected chi connectivity index (χ1v) is 2.87. The van der Waals surface area contributed by atoms with Gasteiger partial charge in [-0.25, -0.2) is 0 Å². The van der Waals surface area contributed by atoms with Crippen LogP contribution in [-0.4, -0.2) is 23.7 Å². The van der Waals surface area contributed by atoms with Crippen LogP contribution >= 0.6 is 0 Å². The van der Waals surface area contributed by atoms with Gasteiger partial charge in [-0.15, -0.1) is 0 Å². The molecule has 0 aliphatic carbocycles. The predicted octanol–water partition coefficient (Wildman–Crippen LogP) is -0.865. The van der Waals surface area contributed by atoms with Gasteiger partial charge in [-0.1, -0.05) is 0 Å². The van der Waals surface area contributed by atoms with E-state index >= 15 is 0 Å². The molecule has 0 rings (SSSR count). The van der Waals surface area contributed by atoms with Gasteiger partial charge in [0, 0.05) is 17.1 Å². The van der Waals surface area contributed by atoms with Gasteiger partial charge < -0.3 is 16.6 Å². The molecule has 65 valence electrons. The fourth-order valence-electron chi connectivity index (χ4n) is 0.461. The zero-order valence-electron chi connectivity index (χ0n) is 5.51. The van der Waals surface area contributed by atoms with Gasteiger partial charge in [-0.3, -0.25) is 4.79 Å². The molecule has 5 N–H and O–H groups in total. The van der Waals surface area contributed by atoms with Crippen molar-refractivity contribution >= 4 is 5.97 Å². The number of hydrogen-bond donors (Lipinski definition) is 3. The Balaban J connectivity index is 0. The van der Waals surface area contributed by atoms with E-state index in [4.69, 9.17) is 16.6 Å². The predicted molar refractivity (Wildman–Crippen MR) is 33.9 cm³/mol. The van der Waals surface area contributed by atoms with Crippen LogP contribution in [0.15, 0.2) is 0 Å². The van der Waals surface area contributed by atoms with Crippen molar-refractivity contribution in [2.45, 2.75) is 18.9 Å². The molecule has 1 unspecified atom stereocenters. The van der Waals surface area contributed by atoms with Crippen LogP contribution in [0.25, 0.3) is 0 Å². The van der Waals surface area contributed by atoms with Gasteiger partial charge in [-0.2, -0.15) is 0 Å². The molecule has 0 saturated heterocycles. The number of aliphatic carboxylic acids is 1. The maximum absolute atomic E-state index is 10.0. The molecule has 0 saturated carbocycles. The first-order chi connectivity index (χ1) is 4.18. The van der Waals surface area contributed by atoms with E-state index < -0.39 is 12.0 Å². The fourth-order valence-corrected chi connectivity index (χ4v) is 0.461. The summed E-state index contributed by atoms with van der Waals surface area (Å²) in [6.45, 7) is 0.501. The molecular weight excluding hydrogens is 184 g/mol. The van der Waals surface area contributed by atoms with Crippen LogP contribution in [0.3, 0.4) is 0 Å². The SMILES string of the molecule is NCCCC(N)C(=O)O.[Cu]. The molecule has 5 heteroatoms. The first-order valence-electron chi connectivity index (χ1n) is 2.87. The van der Waals surface area contributed by atoms with E-state index in [-0.39, 0.29) is 17.1 Å². The van der Waals surface area contributed by atoms with E-state index in [0.29, 0.717) is 19.4 Å². The minimum Gasteiger partial charge on any atom is -0.480 e. The van der Waals surface area contributed by atoms with Crippen molar-refractivity contribution in [1.82, 2.24) is 0 Å². The Morgan fingerprint density at radius 1 is 1.60 bits per heavy atom. The Hall–Kier alpha value is -0.0905. The van der Waals surface area contributed by atoms with Crippen LogP contribution in [-0.2, 0) is 21.9 Å². The molecule has 0 aromatic heterocycles. The molecular formula is C5H12CuN2O2. The molecule has 0 fully saturated rings. The van der Waals surface area contributed by atoms with Gasteiger partial charge in [0.1, 0.15) is 6.04 Å². The largest absolute Gasteiger partial charge is 0.480 e. The second-order valence-electron chi connectivity index (χ2n) is 1.88. The van der Waals surface area contributed by atoms with E-state index in [0.717, 1.165) is 0 Å². The monoisotopic (exact) mass is 195 g/mol. The summed E-state index contributed by atoms with van der Waals surface area (Å²) >= 11 is 0. The topological polar surface area (TPSA) is 89.3 Å². The van der Waals surface area contributed by atoms with Crippen LogP contribution in [0, 0.1) is 0 Å². The molecule has 1 radical (unpaired) electrons. The first kappa shape index (κ1) is 12.6. The molecule has 4 nitrogen and oxygen atoms in total. The van der Waals surface area contributed by atoms with Gasteiger partial charge in [0.15, 0.2) is 0 Å². The molecule has 0 aromatic carbocycles. The molecule has 0 bridgehead atoms. The van der Waals surface area contributed by atoms with Crippen LogP contribution in [0.1, 0.15) is 12.8 Å². The van der Waals surface area contributed by atoms with Gasteiger partial charge >= 0.3 is 5.97 Å². The normalized spacial score (nSPS) is 11.8. The van der Waals surface area contributed by atoms with Gasteiger partial charge in [0.25, 0.3) is 0 Å². The molecule has 0 aliphatic rings. The Morgan fingerprint density at radius 2 is 2.10 bits per heavy atom. The zero-order chi connectivity index (χ0) is 7.28. The second kappa shape index (κ2) is 7.02. The van der Waals surface area contributed by atoms with Gasteiger partial charge in [0.05, 0.1) is 0 Å². The smallest absolute Gasteiger partial charge is 0.320 e. The van der Waals surface area contributed by atoms with E-state index in [1.807, 2.05) is 0 Å². The van der Waals surface area contributed by atoms with Crippen LogP contribution in [0.4, 0.5) is 0 Å². The number of carboxylic acids is 1. The molecule has 0 heterocycles. The molecule has 0 amide bonds. The summed E-state index contributed by atoms with van der Waals surface area (Å²) in [5.41, 5.74) is 10.3. The Bertz CT molecular complexity index is 99.6. The van der Waals surface area contributed by atoms with E-state index in [9.17, 15) is 4.79 Å². The quantitative estimate of drug-likeness (QED) is 0.509. The number of hydrogen-bond acceptors (Lipinski definition) is 3. The van der Waals surface area contributed by atoms with Crippen molar-refractivity contribution in [3.05, 3.63) is 0 Å². The maximum atomic E-state index is 10.0. The van der Waals surface area contributed by atoms with Gasteiger partial charge in [0.2, 0.25) is 0 Å². The number of carboxylic acid groups (broad SMARTS) is 1. The Labute approximate surface area is 70.4 Å². The average molecular weight is 196 g/mol. The minimum atomic E-state index is -0.955. The molecule has 1 atom stereocenters. The summed E-state index contributed by atoms with van der Waals surface area (Å²) in [6.07, 6.45) is 1.14. The summed E-state index contributed by atoms with van der Waals surface area (Å²) in [6, 6.07) is -0.742. The van der Waals surface area contributed by atoms with Crippen molar-refractivity contribution in [1.29, 1.82) is 0 Å². The molecule has 0 spiro atoms. The van der Waals surface area contributed by atoms with Crippen molar-refractivity contribution in [2.24, 2.45) is 11.5 Å². The standard InChI is InChI=1S/C5H12N2O2.Cu/c6-3-1-2-4(7)5(8)9;/h4H,1-3,6-7H2,(H,8,9);. The van der Waals surface area contributed by atoms with Crippen LogP contribution in [0.5, 0.6) is 0 Å². The van der Waals surface area contributed by atoms with E-state index in [1.54, 1.807) is 0 Å². The Morgan fingerprint density at radius 3 is 2.40 bits per heavy atom. The molecule has 0 aliphatic heterocycles. The van der Waals surface area contributed by atoms with Crippen molar-refractivity contribution in [3.63, 3.8) is 0 Å². The third-order valence-corrected chi connectivity index (χ3v) is 1.04. The summed E-state index contributed by atoms with van der Waals surface area (Å²) in [5.74, 6) is -0.955. The van der Waals surface area contributed by atoms with Crippen LogP contribution < -0.4 is 11.5 Å². The van der Waals surface area contributed by atoms with Gasteiger partial charge in [-0.05, 0) is 19.4 Å². The zero-order valence-corrected chi connectivity index (χ0v) is 6.45. The van der Waals surface area contributed by atoms with Crippen molar-refractivity contribution < 1.29 is 27.0 Å². The van der Waals surface area contributed by atoms with E-state index in [1.165, 1.54) is 0 Å². The van der Waals surface area contributed by atoms with Crippen LogP contribution in [0.2, 0.25) is 0 Å². The molecule has 10 heavy (non-hydrogen) atoms. The summed E-state index contributed by atoms with van der Waals surface area (Å²) < 4.78 is 0. The molecule has 0 aromatic rings. The maximum Gasteiger partial charge on any atom is 0.320 e. The van der Waals surface area contributed by atoms with Crippen molar-refractivity contribution in [2.75, 3.05) is 6.54 Å². The van der Waals surface area contributed by atoms with E-state index in [2.05, 4.69) is 0 Å². The Kier molecular flexibility index (Phi) is 8.83.